The molecule has 2 amide bonds. The summed E-state index contributed by atoms with van der Waals surface area (Å²) in [5.41, 5.74) is 0.565. The number of nitrogens with one attached hydrogen (secondary N) is 2. The van der Waals surface area contributed by atoms with Crippen molar-refractivity contribution < 1.29 is 24.6 Å². The van der Waals surface area contributed by atoms with Gasteiger partial charge in [-0.1, -0.05) is 33.8 Å². The number of anilines is 2. The van der Waals surface area contributed by atoms with Crippen molar-refractivity contribution >= 4 is 40.9 Å². The normalized spacial score (nSPS) is 12.1. The lowest BCUT2D eigenvalue weighted by molar-refractivity contribution is -0.118. The van der Waals surface area contributed by atoms with Gasteiger partial charge in [0.25, 0.3) is 0 Å². The molecule has 4 N–H and O–H groups in total. The summed E-state index contributed by atoms with van der Waals surface area (Å²) in [6.45, 7) is 7.87. The van der Waals surface area contributed by atoms with Crippen LogP contribution in [0.25, 0.3) is 0 Å². The molecule has 0 aliphatic carbocycles. The Hall–Kier alpha value is -3.00. The predicted molar refractivity (Wildman–Crippen MR) is 123 cm³/mol. The standard InChI is InChI=1S/C23H28N2O5S/c1-5-19(21(28)25-15-9-10-18(26)17(12-15)22(29)30)31-16-8-6-7-14(11-16)24-20(27)13-23(2,3)4/h6-12,19,26H,5,13H2,1-4H3,(H,24,27)(H,25,28)(H,29,30). The van der Waals surface area contributed by atoms with Crippen molar-refractivity contribution in [1.29, 1.82) is 0 Å². The van der Waals surface area contributed by atoms with E-state index in [1.165, 1.54) is 30.0 Å². The summed E-state index contributed by atoms with van der Waals surface area (Å²) in [6, 6.07) is 11.2. The van der Waals surface area contributed by atoms with Gasteiger partial charge in [0.05, 0.1) is 5.25 Å². The molecule has 7 nitrogen and oxygen atoms in total. The van der Waals surface area contributed by atoms with Crippen LogP contribution in [-0.4, -0.2) is 33.2 Å². The molecule has 8 heteroatoms. The van der Waals surface area contributed by atoms with E-state index < -0.39 is 11.2 Å². The number of carboxylic acids is 1. The van der Waals surface area contributed by atoms with Crippen molar-refractivity contribution in [1.82, 2.24) is 0 Å². The molecule has 31 heavy (non-hydrogen) atoms. The lowest BCUT2D eigenvalue weighted by Gasteiger charge is -2.18. The number of aromatic carboxylic acids is 1. The van der Waals surface area contributed by atoms with Crippen molar-refractivity contribution in [3.63, 3.8) is 0 Å². The van der Waals surface area contributed by atoms with Crippen LogP contribution in [0.15, 0.2) is 47.4 Å². The number of phenols is 1. The Morgan fingerprint density at radius 2 is 1.71 bits per heavy atom. The summed E-state index contributed by atoms with van der Waals surface area (Å²) in [5.74, 6) is -1.99. The van der Waals surface area contributed by atoms with Gasteiger partial charge >= 0.3 is 5.97 Å². The van der Waals surface area contributed by atoms with E-state index in [4.69, 9.17) is 5.11 Å². The first-order chi connectivity index (χ1) is 14.5. The minimum atomic E-state index is -1.28. The third-order valence-corrected chi connectivity index (χ3v) is 5.60. The van der Waals surface area contributed by atoms with Crippen molar-refractivity contribution in [2.45, 2.75) is 50.7 Å². The van der Waals surface area contributed by atoms with Crippen LogP contribution >= 0.6 is 11.8 Å². The molecule has 0 aromatic heterocycles. The van der Waals surface area contributed by atoms with E-state index in [-0.39, 0.29) is 28.5 Å². The molecular weight excluding hydrogens is 416 g/mol. The predicted octanol–water partition coefficient (Wildman–Crippen LogP) is 4.97. The second-order valence-corrected chi connectivity index (χ2v) is 9.63. The molecule has 2 aromatic rings. The molecule has 0 aliphatic heterocycles. The van der Waals surface area contributed by atoms with Gasteiger partial charge < -0.3 is 20.8 Å². The molecule has 166 valence electrons. The third kappa shape index (κ3) is 7.64. The van der Waals surface area contributed by atoms with Crippen molar-refractivity contribution in [3.8, 4) is 5.75 Å². The zero-order valence-corrected chi connectivity index (χ0v) is 18.9. The molecule has 1 unspecified atom stereocenters. The Morgan fingerprint density at radius 3 is 2.32 bits per heavy atom. The fourth-order valence-corrected chi connectivity index (χ4v) is 3.84. The van der Waals surface area contributed by atoms with Crippen LogP contribution in [0, 0.1) is 5.41 Å². The molecule has 0 spiro atoms. The van der Waals surface area contributed by atoms with Crippen molar-refractivity contribution in [3.05, 3.63) is 48.0 Å². The zero-order valence-electron chi connectivity index (χ0n) is 18.1. The lowest BCUT2D eigenvalue weighted by Crippen LogP contribution is -2.24. The first-order valence-corrected chi connectivity index (χ1v) is 10.8. The fourth-order valence-electron chi connectivity index (χ4n) is 2.83. The second kappa shape index (κ2) is 10.3. The topological polar surface area (TPSA) is 116 Å². The number of amides is 2. The van der Waals surface area contributed by atoms with Gasteiger partial charge in [-0.15, -0.1) is 11.8 Å². The average molecular weight is 445 g/mol. The Kier molecular flexibility index (Phi) is 8.10. The Labute approximate surface area is 186 Å². The maximum absolute atomic E-state index is 12.7. The first kappa shape index (κ1) is 24.3. The summed E-state index contributed by atoms with van der Waals surface area (Å²) in [6.07, 6.45) is 0.941. The molecule has 0 heterocycles. The summed E-state index contributed by atoms with van der Waals surface area (Å²) in [7, 11) is 0. The highest BCUT2D eigenvalue weighted by molar-refractivity contribution is 8.00. The number of benzene rings is 2. The summed E-state index contributed by atoms with van der Waals surface area (Å²) in [5, 5.41) is 23.9. The van der Waals surface area contributed by atoms with Gasteiger partial charge in [-0.2, -0.15) is 0 Å². The SMILES string of the molecule is CCC(Sc1cccc(NC(=O)CC(C)(C)C)c1)C(=O)Nc1ccc(O)c(C(=O)O)c1. The molecule has 2 rings (SSSR count). The van der Waals surface area contributed by atoms with E-state index in [0.29, 0.717) is 24.2 Å². The van der Waals surface area contributed by atoms with Crippen LogP contribution in [0.5, 0.6) is 5.75 Å². The van der Waals surface area contributed by atoms with Crippen LogP contribution in [0.2, 0.25) is 0 Å². The number of hydrogen-bond donors (Lipinski definition) is 4. The molecule has 2 aromatic carbocycles. The van der Waals surface area contributed by atoms with E-state index >= 15 is 0 Å². The van der Waals surface area contributed by atoms with Gasteiger partial charge in [0, 0.05) is 22.7 Å². The fraction of sp³-hybridized carbons (Fsp3) is 0.348. The largest absolute Gasteiger partial charge is 0.507 e. The molecule has 0 fully saturated rings. The van der Waals surface area contributed by atoms with Crippen LogP contribution in [0.4, 0.5) is 11.4 Å². The summed E-state index contributed by atoms with van der Waals surface area (Å²) < 4.78 is 0. The van der Waals surface area contributed by atoms with Crippen LogP contribution in [0.3, 0.4) is 0 Å². The third-order valence-electron chi connectivity index (χ3n) is 4.24. The maximum Gasteiger partial charge on any atom is 0.339 e. The molecule has 0 saturated carbocycles. The van der Waals surface area contributed by atoms with E-state index in [0.717, 1.165) is 4.90 Å². The summed E-state index contributed by atoms with van der Waals surface area (Å²) in [4.78, 5) is 36.9. The van der Waals surface area contributed by atoms with Gasteiger partial charge in [-0.25, -0.2) is 4.79 Å². The molecule has 0 bridgehead atoms. The number of carbonyl (C=O) groups excluding carboxylic acids is 2. The number of carbonyl (C=O) groups is 3. The average Bonchev–Trinajstić information content (AvgIpc) is 2.66. The number of rotatable bonds is 8. The zero-order chi connectivity index (χ0) is 23.2. The molecule has 0 radical (unpaired) electrons. The van der Waals surface area contributed by atoms with Crippen molar-refractivity contribution in [2.75, 3.05) is 10.6 Å². The highest BCUT2D eigenvalue weighted by atomic mass is 32.2. The molecule has 0 aliphatic rings. The van der Waals surface area contributed by atoms with Gasteiger partial charge in [-0.05, 0) is 48.2 Å². The first-order valence-electron chi connectivity index (χ1n) is 9.92. The highest BCUT2D eigenvalue weighted by Crippen LogP contribution is 2.30. The van der Waals surface area contributed by atoms with E-state index in [9.17, 15) is 19.5 Å². The molecular formula is C23H28N2O5S. The molecule has 1 atom stereocenters. The van der Waals surface area contributed by atoms with Crippen LogP contribution in [0.1, 0.15) is 50.9 Å². The van der Waals surface area contributed by atoms with Crippen LogP contribution < -0.4 is 10.6 Å². The number of aromatic hydroxyl groups is 1. The van der Waals surface area contributed by atoms with Crippen LogP contribution in [-0.2, 0) is 9.59 Å². The van der Waals surface area contributed by atoms with Gasteiger partial charge in [0.15, 0.2) is 0 Å². The van der Waals surface area contributed by atoms with Gasteiger partial charge in [0.2, 0.25) is 11.8 Å². The van der Waals surface area contributed by atoms with E-state index in [2.05, 4.69) is 10.6 Å². The van der Waals surface area contributed by atoms with Gasteiger partial charge in [-0.3, -0.25) is 9.59 Å². The summed E-state index contributed by atoms with van der Waals surface area (Å²) >= 11 is 1.36. The number of carboxylic acid groups (broad SMARTS) is 1. The minimum Gasteiger partial charge on any atom is -0.507 e. The maximum atomic E-state index is 12.7. The van der Waals surface area contributed by atoms with E-state index in [1.54, 1.807) is 6.07 Å². The number of thioether (sulfide) groups is 1. The van der Waals surface area contributed by atoms with E-state index in [1.807, 2.05) is 45.9 Å². The Morgan fingerprint density at radius 1 is 1.03 bits per heavy atom. The smallest absolute Gasteiger partial charge is 0.339 e. The highest BCUT2D eigenvalue weighted by Gasteiger charge is 2.20. The molecule has 0 saturated heterocycles. The Bertz CT molecular complexity index is 969. The minimum absolute atomic E-state index is 0.0685. The Balaban J connectivity index is 2.07. The lowest BCUT2D eigenvalue weighted by atomic mass is 9.92. The quantitative estimate of drug-likeness (QED) is 0.337. The monoisotopic (exact) mass is 444 g/mol. The van der Waals surface area contributed by atoms with Gasteiger partial charge in [0.1, 0.15) is 11.3 Å². The number of hydrogen-bond acceptors (Lipinski definition) is 5. The van der Waals surface area contributed by atoms with Crippen molar-refractivity contribution in [2.24, 2.45) is 5.41 Å². The second-order valence-electron chi connectivity index (χ2n) is 8.35.